The molecule has 1 aliphatic rings. The fourth-order valence-electron chi connectivity index (χ4n) is 2.93. The van der Waals surface area contributed by atoms with Crippen LogP contribution in [0.2, 0.25) is 0 Å². The van der Waals surface area contributed by atoms with Gasteiger partial charge in [-0.15, -0.1) is 0 Å². The Morgan fingerprint density at radius 3 is 2.55 bits per heavy atom. The van der Waals surface area contributed by atoms with Crippen LogP contribution in [0.5, 0.6) is 0 Å². The molecule has 0 saturated heterocycles. The first-order chi connectivity index (χ1) is 9.50. The number of hydrogen-bond acceptors (Lipinski definition) is 2. The molecule has 1 unspecified atom stereocenters. The van der Waals surface area contributed by atoms with Gasteiger partial charge in [0.25, 0.3) is 0 Å². The van der Waals surface area contributed by atoms with Gasteiger partial charge in [-0.05, 0) is 36.0 Å². The minimum atomic E-state index is -0.916. The molecule has 0 heterocycles. The summed E-state index contributed by atoms with van der Waals surface area (Å²) in [5.41, 5.74) is 0.705. The largest absolute Gasteiger partial charge is 0.387 e. The molecule has 0 bridgehead atoms. The van der Waals surface area contributed by atoms with E-state index < -0.39 is 17.7 Å². The molecule has 0 aliphatic heterocycles. The topological polar surface area (TPSA) is 32.3 Å². The van der Waals surface area contributed by atoms with Crippen molar-refractivity contribution in [1.82, 2.24) is 5.32 Å². The Labute approximate surface area is 119 Å². The smallest absolute Gasteiger partial charge is 0.159 e. The highest BCUT2D eigenvalue weighted by Crippen LogP contribution is 2.34. The Bertz CT molecular complexity index is 444. The van der Waals surface area contributed by atoms with E-state index in [0.29, 0.717) is 17.5 Å². The molecule has 2 rings (SSSR count). The average Bonchev–Trinajstić information content (AvgIpc) is 2.42. The highest BCUT2D eigenvalue weighted by Gasteiger charge is 2.26. The van der Waals surface area contributed by atoms with E-state index in [1.807, 2.05) is 0 Å². The fourth-order valence-corrected chi connectivity index (χ4v) is 2.93. The maximum atomic E-state index is 13.1. The molecule has 0 spiro atoms. The molecule has 1 saturated carbocycles. The summed E-state index contributed by atoms with van der Waals surface area (Å²) in [4.78, 5) is 0. The minimum absolute atomic E-state index is 0.298. The molecule has 112 valence electrons. The van der Waals surface area contributed by atoms with Gasteiger partial charge in [0.1, 0.15) is 0 Å². The van der Waals surface area contributed by atoms with Crippen molar-refractivity contribution in [1.29, 1.82) is 0 Å². The van der Waals surface area contributed by atoms with Gasteiger partial charge in [-0.25, -0.2) is 8.78 Å². The molecular weight excluding hydrogens is 260 g/mol. The van der Waals surface area contributed by atoms with E-state index in [-0.39, 0.29) is 0 Å². The number of benzene rings is 1. The fraction of sp³-hybridized carbons (Fsp3) is 0.625. The van der Waals surface area contributed by atoms with E-state index in [2.05, 4.69) is 12.2 Å². The summed E-state index contributed by atoms with van der Waals surface area (Å²) in [6.45, 7) is 3.48. The number of aliphatic hydroxyl groups is 1. The van der Waals surface area contributed by atoms with Crippen LogP contribution in [0.4, 0.5) is 8.78 Å². The van der Waals surface area contributed by atoms with Crippen molar-refractivity contribution in [3.63, 3.8) is 0 Å². The molecule has 2 nitrogen and oxygen atoms in total. The summed E-state index contributed by atoms with van der Waals surface area (Å²) in [6.07, 6.45) is 5.46. The van der Waals surface area contributed by atoms with Crippen LogP contribution < -0.4 is 5.32 Å². The third-order valence-corrected chi connectivity index (χ3v) is 4.28. The van der Waals surface area contributed by atoms with Crippen LogP contribution in [0.25, 0.3) is 0 Å². The summed E-state index contributed by atoms with van der Waals surface area (Å²) >= 11 is 0. The Morgan fingerprint density at radius 2 is 1.90 bits per heavy atom. The van der Waals surface area contributed by atoms with Crippen molar-refractivity contribution in [2.45, 2.75) is 45.1 Å². The second-order valence-electron chi connectivity index (χ2n) is 6.19. The van der Waals surface area contributed by atoms with Crippen molar-refractivity contribution in [3.8, 4) is 0 Å². The van der Waals surface area contributed by atoms with Gasteiger partial charge in [0.05, 0.1) is 6.10 Å². The number of halogens is 2. The SMILES string of the molecule is CC1(CNCC(O)c2ccc(F)c(F)c2)CCCCC1. The summed E-state index contributed by atoms with van der Waals surface area (Å²) in [5, 5.41) is 13.3. The molecule has 0 amide bonds. The van der Waals surface area contributed by atoms with Crippen LogP contribution in [-0.2, 0) is 0 Å². The van der Waals surface area contributed by atoms with Crippen molar-refractivity contribution in [3.05, 3.63) is 35.4 Å². The summed E-state index contributed by atoms with van der Waals surface area (Å²) in [6, 6.07) is 3.54. The predicted octanol–water partition coefficient (Wildman–Crippen LogP) is 3.56. The first kappa shape index (κ1) is 15.4. The minimum Gasteiger partial charge on any atom is -0.387 e. The zero-order chi connectivity index (χ0) is 14.6. The molecule has 1 aromatic rings. The molecule has 1 aliphatic carbocycles. The highest BCUT2D eigenvalue weighted by molar-refractivity contribution is 5.20. The van der Waals surface area contributed by atoms with Crippen molar-refractivity contribution in [2.75, 3.05) is 13.1 Å². The summed E-state index contributed by atoms with van der Waals surface area (Å²) in [7, 11) is 0. The van der Waals surface area contributed by atoms with E-state index in [9.17, 15) is 13.9 Å². The van der Waals surface area contributed by atoms with Crippen molar-refractivity contribution < 1.29 is 13.9 Å². The van der Waals surface area contributed by atoms with E-state index in [0.717, 1.165) is 18.7 Å². The molecule has 0 radical (unpaired) electrons. The quantitative estimate of drug-likeness (QED) is 0.866. The lowest BCUT2D eigenvalue weighted by molar-refractivity contribution is 0.155. The third-order valence-electron chi connectivity index (χ3n) is 4.28. The first-order valence-electron chi connectivity index (χ1n) is 7.34. The maximum Gasteiger partial charge on any atom is 0.159 e. The van der Waals surface area contributed by atoms with E-state index in [1.165, 1.54) is 38.2 Å². The number of aliphatic hydroxyl groups excluding tert-OH is 1. The van der Waals surface area contributed by atoms with Gasteiger partial charge in [-0.1, -0.05) is 32.3 Å². The lowest BCUT2D eigenvalue weighted by Crippen LogP contribution is -2.35. The molecule has 4 heteroatoms. The van der Waals surface area contributed by atoms with E-state index in [4.69, 9.17) is 0 Å². The van der Waals surface area contributed by atoms with Gasteiger partial charge < -0.3 is 10.4 Å². The molecule has 2 N–H and O–H groups in total. The van der Waals surface area contributed by atoms with Gasteiger partial charge in [0.15, 0.2) is 11.6 Å². The maximum absolute atomic E-state index is 13.1. The molecular formula is C16H23F2NO. The summed E-state index contributed by atoms with van der Waals surface area (Å²) < 4.78 is 25.9. The van der Waals surface area contributed by atoms with E-state index in [1.54, 1.807) is 0 Å². The van der Waals surface area contributed by atoms with Crippen LogP contribution in [0.15, 0.2) is 18.2 Å². The Balaban J connectivity index is 1.82. The molecule has 1 aromatic carbocycles. The Kier molecular flexibility index (Phi) is 5.11. The number of rotatable bonds is 5. The first-order valence-corrected chi connectivity index (χ1v) is 7.34. The Hall–Kier alpha value is -1.00. The second kappa shape index (κ2) is 6.64. The normalized spacial score (nSPS) is 19.8. The standard InChI is InChI=1S/C16H23F2NO/c1-16(7-3-2-4-8-16)11-19-10-15(20)12-5-6-13(17)14(18)9-12/h5-6,9,15,19-20H,2-4,7-8,10-11H2,1H3. The van der Waals surface area contributed by atoms with Gasteiger partial charge in [0.2, 0.25) is 0 Å². The van der Waals surface area contributed by atoms with Crippen LogP contribution >= 0.6 is 0 Å². The van der Waals surface area contributed by atoms with Gasteiger partial charge in [-0.3, -0.25) is 0 Å². The average molecular weight is 283 g/mol. The predicted molar refractivity (Wildman–Crippen MR) is 75.4 cm³/mol. The lowest BCUT2D eigenvalue weighted by Gasteiger charge is -2.34. The number of nitrogens with one attached hydrogen (secondary N) is 1. The molecule has 1 fully saturated rings. The van der Waals surface area contributed by atoms with Crippen molar-refractivity contribution >= 4 is 0 Å². The van der Waals surface area contributed by atoms with Crippen LogP contribution in [0.3, 0.4) is 0 Å². The van der Waals surface area contributed by atoms with Gasteiger partial charge in [-0.2, -0.15) is 0 Å². The molecule has 0 aromatic heterocycles. The third kappa shape index (κ3) is 4.00. The van der Waals surface area contributed by atoms with Gasteiger partial charge >= 0.3 is 0 Å². The molecule has 1 atom stereocenters. The highest BCUT2D eigenvalue weighted by atomic mass is 19.2. The van der Waals surface area contributed by atoms with E-state index >= 15 is 0 Å². The number of hydrogen-bond donors (Lipinski definition) is 2. The zero-order valence-electron chi connectivity index (χ0n) is 12.0. The second-order valence-corrected chi connectivity index (χ2v) is 6.19. The molecule has 20 heavy (non-hydrogen) atoms. The lowest BCUT2D eigenvalue weighted by atomic mass is 9.76. The van der Waals surface area contributed by atoms with Crippen molar-refractivity contribution in [2.24, 2.45) is 5.41 Å². The zero-order valence-corrected chi connectivity index (χ0v) is 12.0. The van der Waals surface area contributed by atoms with Crippen LogP contribution in [-0.4, -0.2) is 18.2 Å². The summed E-state index contributed by atoms with van der Waals surface area (Å²) in [5.74, 6) is -1.80. The Morgan fingerprint density at radius 1 is 1.20 bits per heavy atom. The van der Waals surface area contributed by atoms with Crippen LogP contribution in [0.1, 0.15) is 50.7 Å². The van der Waals surface area contributed by atoms with Gasteiger partial charge in [0, 0.05) is 13.1 Å². The monoisotopic (exact) mass is 283 g/mol. The van der Waals surface area contributed by atoms with Crippen LogP contribution in [0, 0.1) is 17.0 Å².